The molecule has 3 aromatic rings. The minimum atomic E-state index is -0.0701. The van der Waals surface area contributed by atoms with E-state index in [4.69, 9.17) is 4.42 Å². The lowest BCUT2D eigenvalue weighted by Gasteiger charge is -2.44. The summed E-state index contributed by atoms with van der Waals surface area (Å²) in [6.07, 6.45) is 4.51. The molecule has 1 unspecified atom stereocenters. The Morgan fingerprint density at radius 1 is 0.935 bits per heavy atom. The maximum Gasteiger partial charge on any atom is 0.318 e. The first kappa shape index (κ1) is 19.9. The van der Waals surface area contributed by atoms with Crippen molar-refractivity contribution in [3.05, 3.63) is 95.4 Å². The number of amides is 2. The Labute approximate surface area is 183 Å². The van der Waals surface area contributed by atoms with Crippen LogP contribution in [0, 0.1) is 0 Å². The van der Waals surface area contributed by atoms with E-state index >= 15 is 0 Å². The van der Waals surface area contributed by atoms with Crippen molar-refractivity contribution in [1.82, 2.24) is 15.1 Å². The van der Waals surface area contributed by atoms with Crippen molar-refractivity contribution in [2.45, 2.75) is 37.9 Å². The van der Waals surface area contributed by atoms with Crippen molar-refractivity contribution < 1.29 is 9.21 Å². The molecular formula is C26H29N3O2. The summed E-state index contributed by atoms with van der Waals surface area (Å²) in [6.45, 7) is 3.42. The van der Waals surface area contributed by atoms with Gasteiger partial charge in [-0.1, -0.05) is 54.6 Å². The first-order chi connectivity index (χ1) is 15.3. The van der Waals surface area contributed by atoms with Gasteiger partial charge in [0, 0.05) is 25.7 Å². The SMILES string of the molecule is O=C1NCCc2ccccc2C(c2ccccc2)N1C1CCN(Cc2ccco2)CC1. The minimum absolute atomic E-state index is 0.0489. The van der Waals surface area contributed by atoms with Gasteiger partial charge >= 0.3 is 6.03 Å². The highest BCUT2D eigenvalue weighted by Crippen LogP contribution is 2.36. The quantitative estimate of drug-likeness (QED) is 0.677. The molecule has 5 nitrogen and oxygen atoms in total. The molecule has 1 atom stereocenters. The van der Waals surface area contributed by atoms with Crippen LogP contribution in [0.2, 0.25) is 0 Å². The molecule has 0 bridgehead atoms. The van der Waals surface area contributed by atoms with E-state index in [2.05, 4.69) is 63.6 Å². The third kappa shape index (κ3) is 4.23. The lowest BCUT2D eigenvalue weighted by atomic mass is 9.89. The smallest absolute Gasteiger partial charge is 0.318 e. The molecule has 1 aromatic heterocycles. The molecule has 5 heteroatoms. The van der Waals surface area contributed by atoms with Gasteiger partial charge in [0.15, 0.2) is 0 Å². The minimum Gasteiger partial charge on any atom is -0.468 e. The number of hydrogen-bond donors (Lipinski definition) is 1. The molecule has 1 N–H and O–H groups in total. The Morgan fingerprint density at radius 3 is 2.48 bits per heavy atom. The number of fused-ring (bicyclic) bond motifs is 1. The van der Waals surface area contributed by atoms with Crippen LogP contribution >= 0.6 is 0 Å². The average molecular weight is 416 g/mol. The number of urea groups is 1. The van der Waals surface area contributed by atoms with Crippen molar-refractivity contribution >= 4 is 6.03 Å². The summed E-state index contributed by atoms with van der Waals surface area (Å²) in [5.74, 6) is 0.999. The van der Waals surface area contributed by atoms with Crippen LogP contribution in [-0.2, 0) is 13.0 Å². The number of nitrogens with zero attached hydrogens (tertiary/aromatic N) is 2. The van der Waals surface area contributed by atoms with Crippen LogP contribution in [0.25, 0.3) is 0 Å². The lowest BCUT2D eigenvalue weighted by molar-refractivity contribution is 0.0968. The number of rotatable bonds is 4. The molecule has 1 saturated heterocycles. The number of nitrogens with one attached hydrogen (secondary N) is 1. The summed E-state index contributed by atoms with van der Waals surface area (Å²) in [5.41, 5.74) is 3.74. The van der Waals surface area contributed by atoms with E-state index in [1.54, 1.807) is 6.26 Å². The van der Waals surface area contributed by atoms with Gasteiger partial charge in [-0.3, -0.25) is 4.90 Å². The first-order valence-electron chi connectivity index (χ1n) is 11.2. The van der Waals surface area contributed by atoms with Crippen LogP contribution in [0.3, 0.4) is 0 Å². The fourth-order valence-electron chi connectivity index (χ4n) is 5.02. The van der Waals surface area contributed by atoms with Crippen LogP contribution in [0.1, 0.15) is 41.3 Å². The van der Waals surface area contributed by atoms with Gasteiger partial charge in [-0.25, -0.2) is 4.79 Å². The van der Waals surface area contributed by atoms with Crippen molar-refractivity contribution in [3.63, 3.8) is 0 Å². The number of benzene rings is 2. The van der Waals surface area contributed by atoms with E-state index in [1.807, 2.05) is 18.2 Å². The van der Waals surface area contributed by atoms with E-state index in [0.29, 0.717) is 6.54 Å². The van der Waals surface area contributed by atoms with Gasteiger partial charge in [0.05, 0.1) is 18.8 Å². The average Bonchev–Trinajstić information content (AvgIpc) is 3.31. The number of hydrogen-bond acceptors (Lipinski definition) is 3. The van der Waals surface area contributed by atoms with Crippen molar-refractivity contribution in [2.75, 3.05) is 19.6 Å². The van der Waals surface area contributed by atoms with Gasteiger partial charge in [0.2, 0.25) is 0 Å². The van der Waals surface area contributed by atoms with Crippen molar-refractivity contribution in [3.8, 4) is 0 Å². The zero-order valence-corrected chi connectivity index (χ0v) is 17.7. The van der Waals surface area contributed by atoms with Gasteiger partial charge < -0.3 is 14.6 Å². The number of carbonyl (C=O) groups is 1. The van der Waals surface area contributed by atoms with E-state index in [1.165, 1.54) is 16.7 Å². The Bertz CT molecular complexity index is 995. The Kier molecular flexibility index (Phi) is 5.76. The van der Waals surface area contributed by atoms with Crippen molar-refractivity contribution in [1.29, 1.82) is 0 Å². The monoisotopic (exact) mass is 415 g/mol. The molecule has 2 aromatic carbocycles. The predicted octanol–water partition coefficient (Wildman–Crippen LogP) is 4.60. The fraction of sp³-hybridized carbons (Fsp3) is 0.346. The number of likely N-dealkylation sites (tertiary alicyclic amines) is 1. The van der Waals surface area contributed by atoms with E-state index < -0.39 is 0 Å². The summed E-state index contributed by atoms with van der Waals surface area (Å²) in [7, 11) is 0. The third-order valence-electron chi connectivity index (χ3n) is 6.56. The van der Waals surface area contributed by atoms with Crippen molar-refractivity contribution in [2.24, 2.45) is 0 Å². The van der Waals surface area contributed by atoms with E-state index in [9.17, 15) is 4.79 Å². The van der Waals surface area contributed by atoms with Gasteiger partial charge in [-0.2, -0.15) is 0 Å². The molecule has 0 aliphatic carbocycles. The first-order valence-corrected chi connectivity index (χ1v) is 11.2. The molecule has 2 aliphatic rings. The van der Waals surface area contributed by atoms with Crippen LogP contribution < -0.4 is 5.32 Å². The van der Waals surface area contributed by atoms with E-state index in [-0.39, 0.29) is 18.1 Å². The standard InChI is InChI=1S/C26H29N3O2/c30-26-27-15-12-20-7-4-5-11-24(20)25(21-8-2-1-3-9-21)29(26)22-13-16-28(17-14-22)19-23-10-6-18-31-23/h1-11,18,22,25H,12-17,19H2,(H,27,30). The summed E-state index contributed by atoms with van der Waals surface area (Å²) < 4.78 is 5.52. The molecule has 31 heavy (non-hydrogen) atoms. The highest BCUT2D eigenvalue weighted by atomic mass is 16.3. The summed E-state index contributed by atoms with van der Waals surface area (Å²) in [4.78, 5) is 17.9. The molecule has 2 amide bonds. The van der Waals surface area contributed by atoms with Gasteiger partial charge in [-0.05, 0) is 48.1 Å². The zero-order chi connectivity index (χ0) is 21.0. The predicted molar refractivity (Wildman–Crippen MR) is 121 cm³/mol. The summed E-state index contributed by atoms with van der Waals surface area (Å²) >= 11 is 0. The molecule has 3 heterocycles. The highest BCUT2D eigenvalue weighted by molar-refractivity contribution is 5.76. The van der Waals surface area contributed by atoms with Gasteiger partial charge in [0.25, 0.3) is 0 Å². The topological polar surface area (TPSA) is 48.7 Å². The van der Waals surface area contributed by atoms with Gasteiger partial charge in [-0.15, -0.1) is 0 Å². The van der Waals surface area contributed by atoms with Crippen LogP contribution in [0.5, 0.6) is 0 Å². The Hall–Kier alpha value is -3.05. The maximum atomic E-state index is 13.4. The second-order valence-corrected chi connectivity index (χ2v) is 8.49. The number of piperidine rings is 1. The molecule has 0 radical (unpaired) electrons. The largest absolute Gasteiger partial charge is 0.468 e. The molecule has 0 saturated carbocycles. The third-order valence-corrected chi connectivity index (χ3v) is 6.56. The fourth-order valence-corrected chi connectivity index (χ4v) is 5.02. The van der Waals surface area contributed by atoms with Crippen LogP contribution in [0.4, 0.5) is 4.79 Å². The molecular weight excluding hydrogens is 386 g/mol. The number of furan rings is 1. The second kappa shape index (κ2) is 8.98. The summed E-state index contributed by atoms with van der Waals surface area (Å²) in [5, 5.41) is 3.18. The summed E-state index contributed by atoms with van der Waals surface area (Å²) in [6, 6.07) is 23.2. The van der Waals surface area contributed by atoms with Crippen LogP contribution in [0.15, 0.2) is 77.4 Å². The maximum absolute atomic E-state index is 13.4. The zero-order valence-electron chi connectivity index (χ0n) is 17.7. The normalized spacial score (nSPS) is 20.6. The van der Waals surface area contributed by atoms with Gasteiger partial charge in [0.1, 0.15) is 5.76 Å². The Balaban J connectivity index is 1.44. The molecule has 2 aliphatic heterocycles. The highest BCUT2D eigenvalue weighted by Gasteiger charge is 2.36. The molecule has 160 valence electrons. The van der Waals surface area contributed by atoms with E-state index in [0.717, 1.165) is 44.7 Å². The lowest BCUT2D eigenvalue weighted by Crippen LogP contribution is -2.53. The number of carbonyl (C=O) groups excluding carboxylic acids is 1. The molecule has 5 rings (SSSR count). The Morgan fingerprint density at radius 2 is 1.71 bits per heavy atom. The second-order valence-electron chi connectivity index (χ2n) is 8.49. The van der Waals surface area contributed by atoms with Crippen LogP contribution in [-0.4, -0.2) is 41.5 Å². The molecule has 0 spiro atoms. The molecule has 1 fully saturated rings.